The van der Waals surface area contributed by atoms with Crippen molar-refractivity contribution in [2.75, 3.05) is 37.7 Å². The van der Waals surface area contributed by atoms with Crippen molar-refractivity contribution in [2.45, 2.75) is 20.8 Å². The number of benzene rings is 2. The minimum Gasteiger partial charge on any atom is -0.483 e. The highest BCUT2D eigenvalue weighted by Gasteiger charge is 2.23. The first kappa shape index (κ1) is 18.2. The number of carbonyl (C=O) groups is 1. The first-order valence-corrected chi connectivity index (χ1v) is 8.93. The summed E-state index contributed by atoms with van der Waals surface area (Å²) in [7, 11) is 0. The normalized spacial score (nSPS) is 14.5. The Labute approximate surface area is 154 Å². The Morgan fingerprint density at radius 1 is 1.04 bits per heavy atom. The van der Waals surface area contributed by atoms with Gasteiger partial charge in [0.05, 0.1) is 5.69 Å². The topological polar surface area (TPSA) is 32.8 Å². The molecule has 4 nitrogen and oxygen atoms in total. The summed E-state index contributed by atoms with van der Waals surface area (Å²) in [5, 5.41) is 0. The molecule has 0 aromatic heterocycles. The van der Waals surface area contributed by atoms with Gasteiger partial charge < -0.3 is 14.5 Å². The molecule has 0 spiro atoms. The van der Waals surface area contributed by atoms with Crippen molar-refractivity contribution >= 4 is 11.6 Å². The molecule has 0 radical (unpaired) electrons. The molecule has 0 bridgehead atoms. The van der Waals surface area contributed by atoms with Crippen molar-refractivity contribution in [3.05, 3.63) is 58.9 Å². The van der Waals surface area contributed by atoms with E-state index in [-0.39, 0.29) is 18.3 Å². The standard InChI is InChI=1S/C21H25FN2O2/c1-15-12-16(2)21(17(3)13-15)26-14-20(25)24-10-8-23(9-11-24)19-7-5-4-6-18(19)22/h4-7,12-13H,8-11,14H2,1-3H3. The summed E-state index contributed by atoms with van der Waals surface area (Å²) >= 11 is 0. The fraction of sp³-hybridized carbons (Fsp3) is 0.381. The molecule has 2 aromatic carbocycles. The van der Waals surface area contributed by atoms with E-state index in [4.69, 9.17) is 4.74 Å². The number of rotatable bonds is 4. The number of para-hydroxylation sites is 1. The van der Waals surface area contributed by atoms with Gasteiger partial charge in [-0.3, -0.25) is 4.79 Å². The Morgan fingerprint density at radius 2 is 1.65 bits per heavy atom. The van der Waals surface area contributed by atoms with Gasteiger partial charge in [0.25, 0.3) is 5.91 Å². The molecule has 1 saturated heterocycles. The number of hydrogen-bond donors (Lipinski definition) is 0. The lowest BCUT2D eigenvalue weighted by Gasteiger charge is -2.36. The predicted octanol–water partition coefficient (Wildman–Crippen LogP) is 3.48. The third-order valence-electron chi connectivity index (χ3n) is 4.77. The summed E-state index contributed by atoms with van der Waals surface area (Å²) in [4.78, 5) is 16.2. The minimum absolute atomic E-state index is 0.0300. The summed E-state index contributed by atoms with van der Waals surface area (Å²) < 4.78 is 19.7. The third-order valence-corrected chi connectivity index (χ3v) is 4.77. The van der Waals surface area contributed by atoms with Crippen molar-refractivity contribution in [1.82, 2.24) is 4.90 Å². The van der Waals surface area contributed by atoms with Crippen LogP contribution in [0.1, 0.15) is 16.7 Å². The van der Waals surface area contributed by atoms with Crippen molar-refractivity contribution in [1.29, 1.82) is 0 Å². The molecule has 2 aromatic rings. The number of nitrogens with zero attached hydrogens (tertiary/aromatic N) is 2. The molecule has 0 aliphatic carbocycles. The lowest BCUT2D eigenvalue weighted by atomic mass is 10.1. The number of piperazine rings is 1. The lowest BCUT2D eigenvalue weighted by molar-refractivity contribution is -0.133. The van der Waals surface area contributed by atoms with Crippen molar-refractivity contribution in [3.63, 3.8) is 0 Å². The van der Waals surface area contributed by atoms with Gasteiger partial charge in [-0.2, -0.15) is 0 Å². The molecule has 1 aliphatic rings. The zero-order valence-electron chi connectivity index (χ0n) is 15.6. The second-order valence-electron chi connectivity index (χ2n) is 6.84. The second kappa shape index (κ2) is 7.77. The van der Waals surface area contributed by atoms with Crippen LogP contribution < -0.4 is 9.64 Å². The van der Waals surface area contributed by atoms with Gasteiger partial charge in [-0.05, 0) is 44.0 Å². The molecule has 138 valence electrons. The van der Waals surface area contributed by atoms with Crippen LogP contribution in [-0.4, -0.2) is 43.6 Å². The van der Waals surface area contributed by atoms with E-state index in [2.05, 4.69) is 12.1 Å². The first-order chi connectivity index (χ1) is 12.5. The Balaban J connectivity index is 1.55. The molecule has 0 atom stereocenters. The number of ether oxygens (including phenoxy) is 1. The Hall–Kier alpha value is -2.56. The van der Waals surface area contributed by atoms with Crippen LogP contribution in [0.5, 0.6) is 5.75 Å². The number of carbonyl (C=O) groups excluding carboxylic acids is 1. The maximum atomic E-state index is 13.9. The van der Waals surface area contributed by atoms with E-state index >= 15 is 0 Å². The van der Waals surface area contributed by atoms with Gasteiger partial charge in [-0.25, -0.2) is 4.39 Å². The smallest absolute Gasteiger partial charge is 0.260 e. The summed E-state index contributed by atoms with van der Waals surface area (Å²) in [5.41, 5.74) is 3.86. The molecule has 3 rings (SSSR count). The van der Waals surface area contributed by atoms with Gasteiger partial charge in [0.15, 0.2) is 6.61 Å². The van der Waals surface area contributed by atoms with Crippen molar-refractivity contribution < 1.29 is 13.9 Å². The van der Waals surface area contributed by atoms with Crippen molar-refractivity contribution in [3.8, 4) is 5.75 Å². The molecule has 26 heavy (non-hydrogen) atoms. The summed E-state index contributed by atoms with van der Waals surface area (Å²) in [5.74, 6) is 0.535. The Kier molecular flexibility index (Phi) is 5.45. The SMILES string of the molecule is Cc1cc(C)c(OCC(=O)N2CCN(c3ccccc3F)CC2)c(C)c1. The molecular formula is C21H25FN2O2. The van der Waals surface area contributed by atoms with Crippen molar-refractivity contribution in [2.24, 2.45) is 0 Å². The van der Waals surface area contributed by atoms with Gasteiger partial charge >= 0.3 is 0 Å². The summed E-state index contributed by atoms with van der Waals surface area (Å²) in [6.07, 6.45) is 0. The lowest BCUT2D eigenvalue weighted by Crippen LogP contribution is -2.50. The summed E-state index contributed by atoms with van der Waals surface area (Å²) in [6, 6.07) is 10.9. The molecule has 0 N–H and O–H groups in total. The van der Waals surface area contributed by atoms with Crippen LogP contribution in [0.4, 0.5) is 10.1 Å². The van der Waals surface area contributed by atoms with Gasteiger partial charge in [-0.15, -0.1) is 0 Å². The maximum absolute atomic E-state index is 13.9. The van der Waals surface area contributed by atoms with Crippen LogP contribution >= 0.6 is 0 Å². The van der Waals surface area contributed by atoms with Gasteiger partial charge in [-0.1, -0.05) is 29.8 Å². The molecule has 1 amide bonds. The monoisotopic (exact) mass is 356 g/mol. The molecule has 1 heterocycles. The zero-order valence-corrected chi connectivity index (χ0v) is 15.6. The highest BCUT2D eigenvalue weighted by atomic mass is 19.1. The quantitative estimate of drug-likeness (QED) is 0.841. The average Bonchev–Trinajstić information content (AvgIpc) is 2.61. The average molecular weight is 356 g/mol. The molecular weight excluding hydrogens is 331 g/mol. The van der Waals surface area contributed by atoms with Crippen LogP contribution in [0, 0.1) is 26.6 Å². The maximum Gasteiger partial charge on any atom is 0.260 e. The molecule has 5 heteroatoms. The van der Waals surface area contributed by atoms with E-state index in [0.717, 1.165) is 16.9 Å². The predicted molar refractivity (Wildman–Crippen MR) is 101 cm³/mol. The largest absolute Gasteiger partial charge is 0.483 e. The fourth-order valence-electron chi connectivity index (χ4n) is 3.52. The number of aryl methyl sites for hydroxylation is 3. The second-order valence-corrected chi connectivity index (χ2v) is 6.84. The minimum atomic E-state index is -0.221. The number of halogens is 1. The highest BCUT2D eigenvalue weighted by Crippen LogP contribution is 2.25. The third kappa shape index (κ3) is 3.98. The number of amides is 1. The zero-order chi connectivity index (χ0) is 18.7. The van der Waals surface area contributed by atoms with Crippen LogP contribution in [0.15, 0.2) is 36.4 Å². The van der Waals surface area contributed by atoms with Gasteiger partial charge in [0.1, 0.15) is 11.6 Å². The highest BCUT2D eigenvalue weighted by molar-refractivity contribution is 5.78. The molecule has 1 aliphatic heterocycles. The molecule has 1 fully saturated rings. The fourth-order valence-corrected chi connectivity index (χ4v) is 3.52. The van der Waals surface area contributed by atoms with Crippen LogP contribution in [-0.2, 0) is 4.79 Å². The van der Waals surface area contributed by atoms with E-state index in [1.165, 1.54) is 11.6 Å². The van der Waals surface area contributed by atoms with Gasteiger partial charge in [0.2, 0.25) is 0 Å². The van der Waals surface area contributed by atoms with E-state index in [0.29, 0.717) is 31.9 Å². The number of anilines is 1. The van der Waals surface area contributed by atoms with Gasteiger partial charge in [0, 0.05) is 26.2 Å². The van der Waals surface area contributed by atoms with E-state index < -0.39 is 0 Å². The van der Waals surface area contributed by atoms with E-state index in [1.54, 1.807) is 17.0 Å². The Bertz CT molecular complexity index is 775. The van der Waals surface area contributed by atoms with Crippen LogP contribution in [0.3, 0.4) is 0 Å². The van der Waals surface area contributed by atoms with E-state index in [9.17, 15) is 9.18 Å². The van der Waals surface area contributed by atoms with E-state index in [1.807, 2.05) is 31.7 Å². The Morgan fingerprint density at radius 3 is 2.27 bits per heavy atom. The molecule has 0 saturated carbocycles. The number of hydrogen-bond acceptors (Lipinski definition) is 3. The molecule has 0 unspecified atom stereocenters. The van der Waals surface area contributed by atoms with Crippen LogP contribution in [0.2, 0.25) is 0 Å². The summed E-state index contributed by atoms with van der Waals surface area (Å²) in [6.45, 7) is 8.45. The first-order valence-electron chi connectivity index (χ1n) is 8.93. The van der Waals surface area contributed by atoms with Crippen LogP contribution in [0.25, 0.3) is 0 Å².